The Bertz CT molecular complexity index is 692. The van der Waals surface area contributed by atoms with Crippen LogP contribution in [0.3, 0.4) is 0 Å². The highest BCUT2D eigenvalue weighted by molar-refractivity contribution is 7.07. The monoisotopic (exact) mass is 357 g/mol. The first kappa shape index (κ1) is 16.7. The summed E-state index contributed by atoms with van der Waals surface area (Å²) >= 11 is 1.74. The predicted octanol–water partition coefficient (Wildman–Crippen LogP) is 2.44. The molecule has 2 aromatic heterocycles. The van der Waals surface area contributed by atoms with Gasteiger partial charge in [-0.15, -0.1) is 0 Å². The van der Waals surface area contributed by atoms with Crippen molar-refractivity contribution >= 4 is 17.2 Å². The van der Waals surface area contributed by atoms with Crippen molar-refractivity contribution in [2.24, 2.45) is 5.92 Å². The molecule has 2 saturated heterocycles. The Kier molecular flexibility index (Phi) is 5.10. The normalized spacial score (nSPS) is 26.3. The number of fused-ring (bicyclic) bond motifs is 1. The van der Waals surface area contributed by atoms with Gasteiger partial charge in [-0.1, -0.05) is 6.07 Å². The maximum atomic E-state index is 12.4. The van der Waals surface area contributed by atoms with E-state index in [4.69, 9.17) is 4.74 Å². The van der Waals surface area contributed by atoms with Gasteiger partial charge in [-0.3, -0.25) is 14.7 Å². The third-order valence-corrected chi connectivity index (χ3v) is 5.84. The molecule has 0 bridgehead atoms. The van der Waals surface area contributed by atoms with Crippen LogP contribution in [0, 0.1) is 5.92 Å². The zero-order chi connectivity index (χ0) is 17.1. The van der Waals surface area contributed by atoms with Crippen LogP contribution in [0.15, 0.2) is 41.4 Å². The lowest BCUT2D eigenvalue weighted by atomic mass is 9.91. The lowest BCUT2D eigenvalue weighted by Gasteiger charge is -2.33. The van der Waals surface area contributed by atoms with Crippen molar-refractivity contribution in [3.8, 4) is 0 Å². The van der Waals surface area contributed by atoms with Gasteiger partial charge in [0.1, 0.15) is 6.10 Å². The zero-order valence-corrected chi connectivity index (χ0v) is 15.0. The molecule has 3 atom stereocenters. The molecule has 132 valence electrons. The number of aromatic nitrogens is 1. The van der Waals surface area contributed by atoms with E-state index in [9.17, 15) is 4.79 Å². The Morgan fingerprint density at radius 3 is 3.16 bits per heavy atom. The molecule has 2 aliphatic heterocycles. The van der Waals surface area contributed by atoms with Gasteiger partial charge < -0.3 is 10.1 Å². The highest BCUT2D eigenvalue weighted by atomic mass is 32.1. The molecule has 1 N–H and O–H groups in total. The number of hydrogen-bond acceptors (Lipinski definition) is 5. The summed E-state index contributed by atoms with van der Waals surface area (Å²) < 4.78 is 6.10. The summed E-state index contributed by atoms with van der Waals surface area (Å²) in [6.07, 6.45) is 5.33. The van der Waals surface area contributed by atoms with Gasteiger partial charge >= 0.3 is 0 Å². The summed E-state index contributed by atoms with van der Waals surface area (Å²) in [6, 6.07) is 6.02. The molecule has 0 saturated carbocycles. The van der Waals surface area contributed by atoms with Crippen LogP contribution in [0.4, 0.5) is 0 Å². The van der Waals surface area contributed by atoms with Gasteiger partial charge in [0.05, 0.1) is 6.10 Å². The third-order valence-electron chi connectivity index (χ3n) is 5.10. The van der Waals surface area contributed by atoms with E-state index in [1.165, 1.54) is 5.56 Å². The predicted molar refractivity (Wildman–Crippen MR) is 97.1 cm³/mol. The molecule has 2 aromatic rings. The van der Waals surface area contributed by atoms with Gasteiger partial charge in [0.15, 0.2) is 0 Å². The number of likely N-dealkylation sites (tertiary alicyclic amines) is 1. The first-order chi connectivity index (χ1) is 12.3. The maximum absolute atomic E-state index is 12.4. The van der Waals surface area contributed by atoms with E-state index in [-0.39, 0.29) is 18.1 Å². The molecule has 2 aliphatic rings. The molecule has 6 heteroatoms. The summed E-state index contributed by atoms with van der Waals surface area (Å²) in [6.45, 7) is 3.50. The fourth-order valence-electron chi connectivity index (χ4n) is 3.75. The second kappa shape index (κ2) is 7.64. The van der Waals surface area contributed by atoms with Crippen molar-refractivity contribution in [3.05, 3.63) is 52.5 Å². The average Bonchev–Trinajstić information content (AvgIpc) is 3.30. The number of carbonyl (C=O) groups excluding carboxylic acids is 1. The number of hydrogen-bond donors (Lipinski definition) is 1. The molecule has 4 heterocycles. The minimum atomic E-state index is -0.312. The van der Waals surface area contributed by atoms with Crippen molar-refractivity contribution in [1.29, 1.82) is 0 Å². The van der Waals surface area contributed by atoms with Gasteiger partial charge in [-0.25, -0.2) is 0 Å². The molecule has 4 rings (SSSR count). The van der Waals surface area contributed by atoms with Gasteiger partial charge in [0.25, 0.3) is 0 Å². The minimum Gasteiger partial charge on any atom is -0.364 e. The summed E-state index contributed by atoms with van der Waals surface area (Å²) in [4.78, 5) is 18.9. The number of carbonyl (C=O) groups is 1. The molecule has 5 nitrogen and oxygen atoms in total. The largest absolute Gasteiger partial charge is 0.364 e. The zero-order valence-electron chi connectivity index (χ0n) is 14.1. The molecular formula is C19H23N3O2S. The minimum absolute atomic E-state index is 0.00244. The summed E-state index contributed by atoms with van der Waals surface area (Å²) in [5.74, 6) is 0.510. The van der Waals surface area contributed by atoms with Gasteiger partial charge in [0.2, 0.25) is 5.91 Å². The number of piperidine rings is 1. The van der Waals surface area contributed by atoms with Crippen LogP contribution in [0.2, 0.25) is 0 Å². The fraction of sp³-hybridized carbons (Fsp3) is 0.474. The Hall–Kier alpha value is -1.76. The smallest absolute Gasteiger partial charge is 0.249 e. The standard InChI is InChI=1S/C19H23N3O2S/c23-19(21-10-14-2-1-5-20-9-14)17-8-16-3-6-22(12-18(16)24-17)11-15-4-7-25-13-15/h1-2,4-5,7,9,13,16-18H,3,6,8,10-12H2,(H,21,23)/t16-,17-,18+/m0/s1. The Balaban J connectivity index is 1.28. The van der Waals surface area contributed by atoms with E-state index in [1.54, 1.807) is 23.7 Å². The summed E-state index contributed by atoms with van der Waals surface area (Å²) in [5, 5.41) is 7.31. The topological polar surface area (TPSA) is 54.5 Å². The first-order valence-corrected chi connectivity index (χ1v) is 9.78. The van der Waals surface area contributed by atoms with Crippen LogP contribution in [-0.2, 0) is 22.6 Å². The van der Waals surface area contributed by atoms with Crippen LogP contribution in [-0.4, -0.2) is 41.1 Å². The van der Waals surface area contributed by atoms with Crippen LogP contribution >= 0.6 is 11.3 Å². The second-order valence-corrected chi connectivity index (χ2v) is 7.67. The number of ether oxygens (including phenoxy) is 1. The highest BCUT2D eigenvalue weighted by Crippen LogP contribution is 2.33. The van der Waals surface area contributed by atoms with E-state index >= 15 is 0 Å². The van der Waals surface area contributed by atoms with Crippen molar-refractivity contribution in [3.63, 3.8) is 0 Å². The third kappa shape index (κ3) is 4.08. The molecule has 0 spiro atoms. The van der Waals surface area contributed by atoms with Crippen molar-refractivity contribution in [2.45, 2.75) is 38.1 Å². The number of nitrogens with one attached hydrogen (secondary N) is 1. The molecular weight excluding hydrogens is 334 g/mol. The van der Waals surface area contributed by atoms with E-state index in [0.717, 1.165) is 38.0 Å². The molecule has 0 aliphatic carbocycles. The SMILES string of the molecule is O=C(NCc1cccnc1)[C@@H]1C[C@@H]2CCN(Cc3ccsc3)C[C@H]2O1. The quantitative estimate of drug-likeness (QED) is 0.893. The molecule has 2 fully saturated rings. The molecule has 0 aromatic carbocycles. The Labute approximate surface area is 152 Å². The summed E-state index contributed by atoms with van der Waals surface area (Å²) in [7, 11) is 0. The van der Waals surface area contributed by atoms with Crippen molar-refractivity contribution in [1.82, 2.24) is 15.2 Å². The van der Waals surface area contributed by atoms with Crippen molar-refractivity contribution < 1.29 is 9.53 Å². The highest BCUT2D eigenvalue weighted by Gasteiger charge is 2.41. The van der Waals surface area contributed by atoms with Crippen molar-refractivity contribution in [2.75, 3.05) is 13.1 Å². The number of nitrogens with zero attached hydrogens (tertiary/aromatic N) is 2. The number of amides is 1. The Morgan fingerprint density at radius 2 is 2.36 bits per heavy atom. The number of rotatable bonds is 5. The fourth-order valence-corrected chi connectivity index (χ4v) is 4.41. The van der Waals surface area contributed by atoms with E-state index in [2.05, 4.69) is 32.0 Å². The van der Waals surface area contributed by atoms with E-state index < -0.39 is 0 Å². The van der Waals surface area contributed by atoms with Crippen LogP contribution in [0.1, 0.15) is 24.0 Å². The number of pyridine rings is 1. The van der Waals surface area contributed by atoms with E-state index in [0.29, 0.717) is 12.5 Å². The Morgan fingerprint density at radius 1 is 1.40 bits per heavy atom. The number of thiophene rings is 1. The van der Waals surface area contributed by atoms with Gasteiger partial charge in [-0.05, 0) is 59.3 Å². The average molecular weight is 357 g/mol. The maximum Gasteiger partial charge on any atom is 0.249 e. The van der Waals surface area contributed by atoms with Crippen LogP contribution < -0.4 is 5.32 Å². The van der Waals surface area contributed by atoms with Crippen LogP contribution in [0.5, 0.6) is 0 Å². The second-order valence-electron chi connectivity index (χ2n) is 6.89. The van der Waals surface area contributed by atoms with Gasteiger partial charge in [-0.2, -0.15) is 11.3 Å². The van der Waals surface area contributed by atoms with Gasteiger partial charge in [0, 0.05) is 32.0 Å². The molecule has 1 amide bonds. The first-order valence-electron chi connectivity index (χ1n) is 8.83. The molecule has 0 unspecified atom stereocenters. The van der Waals surface area contributed by atoms with E-state index in [1.807, 2.05) is 12.1 Å². The van der Waals surface area contributed by atoms with Crippen LogP contribution in [0.25, 0.3) is 0 Å². The molecule has 25 heavy (non-hydrogen) atoms. The lowest BCUT2D eigenvalue weighted by Crippen LogP contribution is -2.42. The summed E-state index contributed by atoms with van der Waals surface area (Å²) in [5.41, 5.74) is 2.38. The molecule has 0 radical (unpaired) electrons. The lowest BCUT2D eigenvalue weighted by molar-refractivity contribution is -0.133.